The lowest BCUT2D eigenvalue weighted by atomic mass is 10.2. The van der Waals surface area contributed by atoms with E-state index in [2.05, 4.69) is 9.72 Å². The highest BCUT2D eigenvalue weighted by Gasteiger charge is 2.24. The number of esters is 1. The number of carbonyl (C=O) groups excluding carboxylic acids is 1. The molecule has 2 aromatic rings. The Bertz CT molecular complexity index is 767. The van der Waals surface area contributed by atoms with Crippen molar-refractivity contribution < 1.29 is 17.9 Å². The summed E-state index contributed by atoms with van der Waals surface area (Å²) < 4.78 is 30.7. The molecule has 0 bridgehead atoms. The molecule has 0 saturated carbocycles. The molecule has 0 aliphatic carbocycles. The van der Waals surface area contributed by atoms with E-state index in [1.165, 1.54) is 20.4 Å². The summed E-state index contributed by atoms with van der Waals surface area (Å²) in [4.78, 5) is 14.2. The van der Waals surface area contributed by atoms with Crippen molar-refractivity contribution in [3.63, 3.8) is 0 Å². The van der Waals surface area contributed by atoms with Crippen LogP contribution < -0.4 is 5.73 Å². The Kier molecular flexibility index (Phi) is 4.19. The lowest BCUT2D eigenvalue weighted by Gasteiger charge is -2.16. The molecular weight excluding hydrogens is 294 g/mol. The fraction of sp³-hybridized carbons (Fsp3) is 0.308. The number of hydrogen-bond acceptors (Lipinski definition) is 5. The molecule has 8 heteroatoms. The van der Waals surface area contributed by atoms with Crippen molar-refractivity contribution in [2.75, 3.05) is 26.4 Å². The molecule has 1 heterocycles. The third-order valence-corrected chi connectivity index (χ3v) is 5.11. The summed E-state index contributed by atoms with van der Waals surface area (Å²) in [6, 6.07) is 5.02. The van der Waals surface area contributed by atoms with Crippen molar-refractivity contribution in [1.82, 2.24) is 9.29 Å². The first-order valence-corrected chi connectivity index (χ1v) is 7.70. The van der Waals surface area contributed by atoms with Crippen molar-refractivity contribution in [2.45, 2.75) is 11.3 Å². The highest BCUT2D eigenvalue weighted by atomic mass is 32.2. The van der Waals surface area contributed by atoms with Crippen LogP contribution in [0.5, 0.6) is 0 Å². The van der Waals surface area contributed by atoms with Crippen LogP contribution in [-0.2, 0) is 19.6 Å². The van der Waals surface area contributed by atoms with E-state index < -0.39 is 16.0 Å². The maximum atomic E-state index is 12.5. The lowest BCUT2D eigenvalue weighted by Crippen LogP contribution is -2.29. The number of fused-ring (bicyclic) bond motifs is 1. The second-order valence-corrected chi connectivity index (χ2v) is 6.62. The van der Waals surface area contributed by atoms with Gasteiger partial charge in [-0.25, -0.2) is 12.7 Å². The van der Waals surface area contributed by atoms with Crippen LogP contribution in [0.1, 0.15) is 6.42 Å². The van der Waals surface area contributed by atoms with Gasteiger partial charge in [0.15, 0.2) is 0 Å². The first-order valence-electron chi connectivity index (χ1n) is 6.26. The maximum Gasteiger partial charge on any atom is 0.306 e. The first-order chi connectivity index (χ1) is 9.86. The predicted molar refractivity (Wildman–Crippen MR) is 79.2 cm³/mol. The molecule has 0 atom stereocenters. The Hall–Kier alpha value is -2.06. The van der Waals surface area contributed by atoms with Crippen LogP contribution in [0.2, 0.25) is 0 Å². The number of nitrogens with one attached hydrogen (secondary N) is 1. The second kappa shape index (κ2) is 5.74. The van der Waals surface area contributed by atoms with E-state index in [0.29, 0.717) is 16.6 Å². The third-order valence-electron chi connectivity index (χ3n) is 3.21. The van der Waals surface area contributed by atoms with Crippen molar-refractivity contribution in [3.8, 4) is 0 Å². The number of aromatic amines is 1. The molecule has 0 amide bonds. The number of methoxy groups -OCH3 is 1. The maximum absolute atomic E-state index is 12.5. The number of ether oxygens (including phenoxy) is 1. The van der Waals surface area contributed by atoms with E-state index in [4.69, 9.17) is 5.73 Å². The molecule has 0 saturated heterocycles. The number of nitrogens with two attached hydrogens (primary N) is 1. The monoisotopic (exact) mass is 311 g/mol. The molecular formula is C13H17N3O4S. The number of nitrogen functional groups attached to an aromatic ring is 1. The molecule has 0 fully saturated rings. The van der Waals surface area contributed by atoms with Gasteiger partial charge in [-0.15, -0.1) is 0 Å². The summed E-state index contributed by atoms with van der Waals surface area (Å²) in [5.41, 5.74) is 6.87. The van der Waals surface area contributed by atoms with Gasteiger partial charge in [0.25, 0.3) is 0 Å². The van der Waals surface area contributed by atoms with Gasteiger partial charge in [0.2, 0.25) is 10.0 Å². The Morgan fingerprint density at radius 3 is 2.81 bits per heavy atom. The lowest BCUT2D eigenvalue weighted by molar-refractivity contribution is -0.140. The molecule has 0 unspecified atom stereocenters. The van der Waals surface area contributed by atoms with Crippen LogP contribution >= 0.6 is 0 Å². The zero-order valence-corrected chi connectivity index (χ0v) is 12.6. The van der Waals surface area contributed by atoms with E-state index in [1.807, 2.05) is 0 Å². The Labute approximate surface area is 122 Å². The molecule has 1 aromatic heterocycles. The smallest absolute Gasteiger partial charge is 0.306 e. The van der Waals surface area contributed by atoms with E-state index >= 15 is 0 Å². The molecule has 0 aliphatic rings. The molecule has 0 radical (unpaired) electrons. The Balaban J connectivity index is 2.33. The normalized spacial score (nSPS) is 12.0. The van der Waals surface area contributed by atoms with Gasteiger partial charge in [0.1, 0.15) is 4.90 Å². The van der Waals surface area contributed by atoms with Gasteiger partial charge < -0.3 is 15.5 Å². The van der Waals surface area contributed by atoms with Crippen LogP contribution in [-0.4, -0.2) is 44.4 Å². The number of rotatable bonds is 5. The number of sulfonamides is 1. The average Bonchev–Trinajstić information content (AvgIpc) is 2.87. The van der Waals surface area contributed by atoms with Gasteiger partial charge >= 0.3 is 5.97 Å². The minimum absolute atomic E-state index is 0.00325. The molecule has 0 aliphatic heterocycles. The van der Waals surface area contributed by atoms with Gasteiger partial charge in [-0.05, 0) is 18.2 Å². The van der Waals surface area contributed by atoms with E-state index in [1.54, 1.807) is 18.2 Å². The summed E-state index contributed by atoms with van der Waals surface area (Å²) in [7, 11) is -1.02. The number of aromatic nitrogens is 1. The zero-order chi connectivity index (χ0) is 15.6. The summed E-state index contributed by atoms with van der Waals surface area (Å²) in [5.74, 6) is -0.458. The van der Waals surface area contributed by atoms with E-state index in [0.717, 1.165) is 4.31 Å². The number of benzene rings is 1. The van der Waals surface area contributed by atoms with Gasteiger partial charge in [-0.3, -0.25) is 4.79 Å². The first kappa shape index (κ1) is 15.3. The van der Waals surface area contributed by atoms with E-state index in [9.17, 15) is 13.2 Å². The average molecular weight is 311 g/mol. The highest BCUT2D eigenvalue weighted by Crippen LogP contribution is 2.26. The van der Waals surface area contributed by atoms with Gasteiger partial charge in [-0.1, -0.05) is 0 Å². The standard InChI is InChI=1S/C13H17N3O4S/c1-16(6-5-13(17)20-2)21(18,19)12-8-15-11-4-3-9(14)7-10(11)12/h3-4,7-8,15H,5-6,14H2,1-2H3. The predicted octanol–water partition coefficient (Wildman–Crippen LogP) is 0.934. The Morgan fingerprint density at radius 1 is 1.43 bits per heavy atom. The van der Waals surface area contributed by atoms with Gasteiger partial charge in [-0.2, -0.15) is 0 Å². The van der Waals surface area contributed by atoms with Crippen LogP contribution in [0.15, 0.2) is 29.3 Å². The molecule has 7 nitrogen and oxygen atoms in total. The summed E-state index contributed by atoms with van der Waals surface area (Å²) >= 11 is 0. The Morgan fingerprint density at radius 2 is 2.14 bits per heavy atom. The second-order valence-electron chi connectivity index (χ2n) is 4.61. The van der Waals surface area contributed by atoms with Crippen molar-refractivity contribution in [2.24, 2.45) is 0 Å². The van der Waals surface area contributed by atoms with Crippen LogP contribution in [0.3, 0.4) is 0 Å². The fourth-order valence-electron chi connectivity index (χ4n) is 1.96. The number of H-pyrrole nitrogens is 1. The van der Waals surface area contributed by atoms with Crippen molar-refractivity contribution in [1.29, 1.82) is 0 Å². The fourth-order valence-corrected chi connectivity index (χ4v) is 3.29. The van der Waals surface area contributed by atoms with Crippen molar-refractivity contribution in [3.05, 3.63) is 24.4 Å². The largest absolute Gasteiger partial charge is 0.469 e. The third kappa shape index (κ3) is 3.01. The van der Waals surface area contributed by atoms with Crippen molar-refractivity contribution >= 4 is 32.6 Å². The summed E-state index contributed by atoms with van der Waals surface area (Å²) in [5, 5.41) is 0.528. The number of anilines is 1. The molecule has 3 N–H and O–H groups in total. The topological polar surface area (TPSA) is 105 Å². The number of hydrogen-bond donors (Lipinski definition) is 2. The van der Waals surface area contributed by atoms with Crippen LogP contribution in [0.4, 0.5) is 5.69 Å². The van der Waals surface area contributed by atoms with Crippen LogP contribution in [0, 0.1) is 0 Å². The summed E-state index contributed by atoms with van der Waals surface area (Å²) in [6.07, 6.45) is 1.42. The van der Waals surface area contributed by atoms with Gasteiger partial charge in [0, 0.05) is 36.4 Å². The quantitative estimate of drug-likeness (QED) is 0.631. The highest BCUT2D eigenvalue weighted by molar-refractivity contribution is 7.89. The molecule has 114 valence electrons. The number of nitrogens with zero attached hydrogens (tertiary/aromatic N) is 1. The molecule has 21 heavy (non-hydrogen) atoms. The van der Waals surface area contributed by atoms with E-state index in [-0.39, 0.29) is 17.9 Å². The molecule has 2 rings (SSSR count). The SMILES string of the molecule is COC(=O)CCN(C)S(=O)(=O)c1c[nH]c2ccc(N)cc12. The van der Waals surface area contributed by atoms with Crippen LogP contribution in [0.25, 0.3) is 10.9 Å². The van der Waals surface area contributed by atoms with Gasteiger partial charge in [0.05, 0.1) is 13.5 Å². The molecule has 1 aromatic carbocycles. The number of carbonyl (C=O) groups is 1. The zero-order valence-electron chi connectivity index (χ0n) is 11.8. The summed E-state index contributed by atoms with van der Waals surface area (Å²) in [6.45, 7) is 0.0456. The minimum Gasteiger partial charge on any atom is -0.469 e. The minimum atomic E-state index is -3.70. The molecule has 0 spiro atoms.